The van der Waals surface area contributed by atoms with E-state index in [1.165, 1.54) is 38.9 Å². The van der Waals surface area contributed by atoms with Gasteiger partial charge in [-0.25, -0.2) is 0 Å². The van der Waals surface area contributed by atoms with Crippen LogP contribution in [0.25, 0.3) is 11.1 Å². The first-order valence-corrected chi connectivity index (χ1v) is 15.0. The number of hydrogen-bond donors (Lipinski definition) is 1. The number of nitrogens with zero attached hydrogens (tertiary/aromatic N) is 2. The molecule has 6 rings (SSSR count). The van der Waals surface area contributed by atoms with Gasteiger partial charge in [-0.3, -0.25) is 4.90 Å². The molecule has 5 heteroatoms. The maximum absolute atomic E-state index is 10.3. The summed E-state index contributed by atoms with van der Waals surface area (Å²) in [5.74, 6) is 1.72. The van der Waals surface area contributed by atoms with Gasteiger partial charge in [0.25, 0.3) is 0 Å². The Morgan fingerprint density at radius 2 is 1.69 bits per heavy atom. The van der Waals surface area contributed by atoms with Crippen molar-refractivity contribution in [1.82, 2.24) is 4.90 Å². The minimum absolute atomic E-state index is 0.288. The second-order valence-electron chi connectivity index (χ2n) is 11.7. The van der Waals surface area contributed by atoms with Crippen LogP contribution in [-0.2, 0) is 32.6 Å². The highest BCUT2D eigenvalue weighted by Gasteiger charge is 2.31. The molecule has 0 unspecified atom stereocenters. The lowest BCUT2D eigenvalue weighted by Crippen LogP contribution is -2.28. The van der Waals surface area contributed by atoms with E-state index in [1.54, 1.807) is 0 Å². The highest BCUT2D eigenvalue weighted by Crippen LogP contribution is 2.41. The third kappa shape index (κ3) is 5.92. The first kappa shape index (κ1) is 28.0. The van der Waals surface area contributed by atoms with E-state index in [0.717, 1.165) is 49.3 Å². The number of nitriles is 1. The van der Waals surface area contributed by atoms with Gasteiger partial charge >= 0.3 is 0 Å². The Morgan fingerprint density at radius 1 is 0.905 bits per heavy atom. The molecule has 42 heavy (non-hydrogen) atoms. The Labute approximate surface area is 249 Å². The van der Waals surface area contributed by atoms with E-state index in [4.69, 9.17) is 9.47 Å². The quantitative estimate of drug-likeness (QED) is 0.237. The molecule has 0 amide bonds. The van der Waals surface area contributed by atoms with Gasteiger partial charge in [-0.15, -0.1) is 0 Å². The minimum Gasteiger partial charge on any atom is -0.488 e. The van der Waals surface area contributed by atoms with Crippen molar-refractivity contribution in [2.75, 3.05) is 6.54 Å². The van der Waals surface area contributed by atoms with E-state index in [9.17, 15) is 10.4 Å². The Bertz CT molecular complexity index is 1610. The average Bonchev–Trinajstić information content (AvgIpc) is 3.63. The molecule has 1 N–H and O–H groups in total. The Balaban J connectivity index is 1.31. The number of aliphatic hydroxyl groups excluding tert-OH is 1. The molecule has 0 bridgehead atoms. The van der Waals surface area contributed by atoms with Crippen LogP contribution in [0.5, 0.6) is 11.5 Å². The van der Waals surface area contributed by atoms with Gasteiger partial charge in [0, 0.05) is 30.8 Å². The summed E-state index contributed by atoms with van der Waals surface area (Å²) in [6.45, 7) is 6.63. The predicted molar refractivity (Wildman–Crippen MR) is 165 cm³/mol. The zero-order valence-electron chi connectivity index (χ0n) is 24.5. The van der Waals surface area contributed by atoms with Gasteiger partial charge in [0.2, 0.25) is 0 Å². The molecule has 5 nitrogen and oxygen atoms in total. The molecule has 2 aliphatic rings. The number of rotatable bonds is 9. The van der Waals surface area contributed by atoms with Crippen molar-refractivity contribution in [3.63, 3.8) is 0 Å². The molecule has 1 aliphatic carbocycles. The number of ether oxygens (including phenoxy) is 2. The zero-order valence-corrected chi connectivity index (χ0v) is 24.5. The van der Waals surface area contributed by atoms with E-state index in [2.05, 4.69) is 73.3 Å². The molecule has 214 valence electrons. The standard InChI is InChI=1S/C37H38N2O3/c1-25-17-31(40)21-39(25)22-35-33-15-8-16-34(33)36(19-37(35)41-23-28-10-6-9-27(18-28)20-38)42-24-30-13-7-14-32(26(30)2)29-11-4-3-5-12-29/h3-7,9-14,18-19,25,31,40H,8,15-17,21-24H2,1-2H3/t25-,31-/m1/s1. The van der Waals surface area contributed by atoms with Gasteiger partial charge < -0.3 is 14.6 Å². The predicted octanol–water partition coefficient (Wildman–Crippen LogP) is 7.14. The monoisotopic (exact) mass is 558 g/mol. The fourth-order valence-electron chi connectivity index (χ4n) is 6.53. The molecule has 4 aromatic carbocycles. The molecular weight excluding hydrogens is 520 g/mol. The average molecular weight is 559 g/mol. The third-order valence-electron chi connectivity index (χ3n) is 8.85. The van der Waals surface area contributed by atoms with Gasteiger partial charge in [0.15, 0.2) is 0 Å². The van der Waals surface area contributed by atoms with Crippen LogP contribution in [0.2, 0.25) is 0 Å². The van der Waals surface area contributed by atoms with Crippen LogP contribution in [0.1, 0.15) is 58.7 Å². The lowest BCUT2D eigenvalue weighted by molar-refractivity contribution is 0.172. The molecule has 1 saturated heterocycles. The number of benzene rings is 4. The molecule has 0 saturated carbocycles. The van der Waals surface area contributed by atoms with Crippen molar-refractivity contribution in [2.24, 2.45) is 0 Å². The zero-order chi connectivity index (χ0) is 29.1. The lowest BCUT2D eigenvalue weighted by atomic mass is 9.97. The summed E-state index contributed by atoms with van der Waals surface area (Å²) in [6.07, 6.45) is 3.58. The third-order valence-corrected chi connectivity index (χ3v) is 8.85. The molecule has 0 spiro atoms. The normalized spacial score (nSPS) is 18.0. The van der Waals surface area contributed by atoms with Crippen LogP contribution in [0, 0.1) is 18.3 Å². The summed E-state index contributed by atoms with van der Waals surface area (Å²) in [5, 5.41) is 19.7. The summed E-state index contributed by atoms with van der Waals surface area (Å²) in [5.41, 5.74) is 10.2. The summed E-state index contributed by atoms with van der Waals surface area (Å²) in [6, 6.07) is 29.1. The van der Waals surface area contributed by atoms with Gasteiger partial charge in [-0.2, -0.15) is 5.26 Å². The smallest absolute Gasteiger partial charge is 0.128 e. The van der Waals surface area contributed by atoms with E-state index < -0.39 is 0 Å². The largest absolute Gasteiger partial charge is 0.488 e. The molecule has 1 fully saturated rings. The molecule has 1 heterocycles. The van der Waals surface area contributed by atoms with Crippen LogP contribution in [0.15, 0.2) is 78.9 Å². The Kier molecular flexibility index (Phi) is 8.28. The number of fused-ring (bicyclic) bond motifs is 1. The summed E-state index contributed by atoms with van der Waals surface area (Å²) < 4.78 is 13.2. The molecule has 0 aromatic heterocycles. The molecular formula is C37H38N2O3. The summed E-state index contributed by atoms with van der Waals surface area (Å²) in [7, 11) is 0. The lowest BCUT2D eigenvalue weighted by Gasteiger charge is -2.25. The fraction of sp³-hybridized carbons (Fsp3) is 0.324. The van der Waals surface area contributed by atoms with E-state index in [0.29, 0.717) is 31.4 Å². The van der Waals surface area contributed by atoms with Gasteiger partial charge in [-0.1, -0.05) is 60.7 Å². The number of likely N-dealkylation sites (tertiary alicyclic amines) is 1. The second kappa shape index (κ2) is 12.4. The maximum Gasteiger partial charge on any atom is 0.128 e. The summed E-state index contributed by atoms with van der Waals surface area (Å²) >= 11 is 0. The van der Waals surface area contributed by atoms with Crippen molar-refractivity contribution < 1.29 is 14.6 Å². The Hall–Kier alpha value is -4.11. The van der Waals surface area contributed by atoms with Crippen molar-refractivity contribution in [2.45, 2.75) is 71.4 Å². The SMILES string of the molecule is Cc1c(COc2cc(OCc3cccc(C#N)c3)c(CN3C[C@H](O)C[C@H]3C)c3c2CCC3)cccc1-c1ccccc1. The highest BCUT2D eigenvalue weighted by molar-refractivity contribution is 5.68. The highest BCUT2D eigenvalue weighted by atomic mass is 16.5. The molecule has 4 aromatic rings. The topological polar surface area (TPSA) is 65.7 Å². The number of aliphatic hydroxyl groups is 1. The molecule has 2 atom stereocenters. The van der Waals surface area contributed by atoms with Crippen LogP contribution < -0.4 is 9.47 Å². The maximum atomic E-state index is 10.3. The molecule has 0 radical (unpaired) electrons. The number of β-amino-alcohol motifs (C(OH)–C–C–N with tert-alkyl or cyclic N) is 1. The van der Waals surface area contributed by atoms with Crippen LogP contribution >= 0.6 is 0 Å². The van der Waals surface area contributed by atoms with Crippen molar-refractivity contribution in [3.8, 4) is 28.7 Å². The minimum atomic E-state index is -0.288. The fourth-order valence-corrected chi connectivity index (χ4v) is 6.53. The number of hydrogen-bond acceptors (Lipinski definition) is 5. The second-order valence-corrected chi connectivity index (χ2v) is 11.7. The van der Waals surface area contributed by atoms with Gasteiger partial charge in [-0.05, 0) is 90.6 Å². The van der Waals surface area contributed by atoms with E-state index >= 15 is 0 Å². The van der Waals surface area contributed by atoms with Crippen LogP contribution in [-0.4, -0.2) is 28.7 Å². The molecule has 1 aliphatic heterocycles. The van der Waals surface area contributed by atoms with Crippen molar-refractivity contribution in [1.29, 1.82) is 5.26 Å². The first-order valence-electron chi connectivity index (χ1n) is 15.0. The van der Waals surface area contributed by atoms with Crippen molar-refractivity contribution >= 4 is 0 Å². The summed E-state index contributed by atoms with van der Waals surface area (Å²) in [4.78, 5) is 2.36. The van der Waals surface area contributed by atoms with Gasteiger partial charge in [0.05, 0.1) is 17.7 Å². The van der Waals surface area contributed by atoms with E-state index in [1.807, 2.05) is 30.3 Å². The van der Waals surface area contributed by atoms with Crippen LogP contribution in [0.3, 0.4) is 0 Å². The first-order chi connectivity index (χ1) is 20.5. The van der Waals surface area contributed by atoms with E-state index in [-0.39, 0.29) is 6.10 Å². The van der Waals surface area contributed by atoms with Crippen molar-refractivity contribution in [3.05, 3.63) is 118 Å². The Morgan fingerprint density at radius 3 is 2.48 bits per heavy atom. The van der Waals surface area contributed by atoms with Gasteiger partial charge in [0.1, 0.15) is 24.7 Å². The van der Waals surface area contributed by atoms with Crippen LogP contribution in [0.4, 0.5) is 0 Å².